The summed E-state index contributed by atoms with van der Waals surface area (Å²) in [6.07, 6.45) is 1.72. The molecule has 0 unspecified atom stereocenters. The van der Waals surface area contributed by atoms with Gasteiger partial charge in [-0.25, -0.2) is 4.98 Å². The molecular formula is C11H9ClN2S. The first-order valence-electron chi connectivity index (χ1n) is 4.40. The molecule has 0 saturated carbocycles. The molecular weight excluding hydrogens is 228 g/mol. The van der Waals surface area contributed by atoms with E-state index in [1.807, 2.05) is 30.3 Å². The molecule has 2 rings (SSSR count). The van der Waals surface area contributed by atoms with Crippen molar-refractivity contribution in [1.29, 1.82) is 0 Å². The number of benzene rings is 1. The fourth-order valence-electron chi connectivity index (χ4n) is 1.12. The Labute approximate surface area is 97.5 Å². The molecule has 2 N–H and O–H groups in total. The Kier molecular flexibility index (Phi) is 3.14. The molecule has 4 heteroatoms. The largest absolute Gasteiger partial charge is 0.398 e. The van der Waals surface area contributed by atoms with Gasteiger partial charge in [-0.2, -0.15) is 0 Å². The number of anilines is 1. The maximum atomic E-state index is 6.00. The SMILES string of the molecule is Nc1ccccc1Sc1ncccc1Cl. The van der Waals surface area contributed by atoms with Crippen molar-refractivity contribution in [2.24, 2.45) is 0 Å². The quantitative estimate of drug-likeness (QED) is 0.812. The van der Waals surface area contributed by atoms with Crippen molar-refractivity contribution in [1.82, 2.24) is 4.98 Å². The Hall–Kier alpha value is -1.19. The second-order valence-electron chi connectivity index (χ2n) is 2.93. The van der Waals surface area contributed by atoms with Crippen molar-refractivity contribution in [2.75, 3.05) is 5.73 Å². The smallest absolute Gasteiger partial charge is 0.119 e. The third kappa shape index (κ3) is 2.43. The van der Waals surface area contributed by atoms with E-state index in [9.17, 15) is 0 Å². The minimum absolute atomic E-state index is 0.644. The average molecular weight is 237 g/mol. The van der Waals surface area contributed by atoms with Gasteiger partial charge in [0.1, 0.15) is 5.03 Å². The molecule has 1 aromatic heterocycles. The van der Waals surface area contributed by atoms with E-state index in [4.69, 9.17) is 17.3 Å². The van der Waals surface area contributed by atoms with Gasteiger partial charge in [0, 0.05) is 16.8 Å². The van der Waals surface area contributed by atoms with Gasteiger partial charge in [0.2, 0.25) is 0 Å². The molecule has 0 aliphatic carbocycles. The number of halogens is 1. The predicted molar refractivity (Wildman–Crippen MR) is 64.2 cm³/mol. The first-order chi connectivity index (χ1) is 7.27. The van der Waals surface area contributed by atoms with E-state index >= 15 is 0 Å². The van der Waals surface area contributed by atoms with Crippen LogP contribution in [0.3, 0.4) is 0 Å². The van der Waals surface area contributed by atoms with Gasteiger partial charge >= 0.3 is 0 Å². The van der Waals surface area contributed by atoms with Crippen LogP contribution in [-0.2, 0) is 0 Å². The fourth-order valence-corrected chi connectivity index (χ4v) is 2.18. The monoisotopic (exact) mass is 236 g/mol. The summed E-state index contributed by atoms with van der Waals surface area (Å²) < 4.78 is 0. The van der Waals surface area contributed by atoms with E-state index in [0.717, 1.165) is 15.6 Å². The molecule has 2 nitrogen and oxygen atoms in total. The molecule has 1 aromatic carbocycles. The summed E-state index contributed by atoms with van der Waals surface area (Å²) in [7, 11) is 0. The number of aromatic nitrogens is 1. The number of rotatable bonds is 2. The van der Waals surface area contributed by atoms with Crippen molar-refractivity contribution in [3.05, 3.63) is 47.6 Å². The van der Waals surface area contributed by atoms with Crippen LogP contribution in [0.25, 0.3) is 0 Å². The maximum Gasteiger partial charge on any atom is 0.119 e. The summed E-state index contributed by atoms with van der Waals surface area (Å²) >= 11 is 7.48. The second kappa shape index (κ2) is 4.55. The Morgan fingerprint density at radius 1 is 1.13 bits per heavy atom. The van der Waals surface area contributed by atoms with Crippen molar-refractivity contribution in [2.45, 2.75) is 9.92 Å². The first kappa shape index (κ1) is 10.3. The van der Waals surface area contributed by atoms with Crippen LogP contribution in [0.2, 0.25) is 5.02 Å². The summed E-state index contributed by atoms with van der Waals surface area (Å²) in [6, 6.07) is 11.3. The molecule has 0 fully saturated rings. The van der Waals surface area contributed by atoms with E-state index < -0.39 is 0 Å². The predicted octanol–water partition coefficient (Wildman–Crippen LogP) is 3.47. The van der Waals surface area contributed by atoms with E-state index in [2.05, 4.69) is 4.98 Å². The van der Waals surface area contributed by atoms with Gasteiger partial charge in [0.05, 0.1) is 5.02 Å². The molecule has 0 radical (unpaired) electrons. The molecule has 0 saturated heterocycles. The van der Waals surface area contributed by atoms with E-state index in [-0.39, 0.29) is 0 Å². The topological polar surface area (TPSA) is 38.9 Å². The Morgan fingerprint density at radius 2 is 1.93 bits per heavy atom. The van der Waals surface area contributed by atoms with E-state index in [1.54, 1.807) is 12.3 Å². The highest BCUT2D eigenvalue weighted by atomic mass is 35.5. The molecule has 1 heterocycles. The van der Waals surface area contributed by atoms with Crippen molar-refractivity contribution in [3.8, 4) is 0 Å². The van der Waals surface area contributed by atoms with Crippen LogP contribution in [-0.4, -0.2) is 4.98 Å². The Morgan fingerprint density at radius 3 is 2.67 bits per heavy atom. The highest BCUT2D eigenvalue weighted by molar-refractivity contribution is 7.99. The van der Waals surface area contributed by atoms with Gasteiger partial charge in [-0.15, -0.1) is 0 Å². The van der Waals surface area contributed by atoms with Crippen LogP contribution in [0, 0.1) is 0 Å². The fraction of sp³-hybridized carbons (Fsp3) is 0. The number of nitrogens with zero attached hydrogens (tertiary/aromatic N) is 1. The highest BCUT2D eigenvalue weighted by Crippen LogP contribution is 2.34. The highest BCUT2D eigenvalue weighted by Gasteiger charge is 2.05. The van der Waals surface area contributed by atoms with Crippen molar-refractivity contribution in [3.63, 3.8) is 0 Å². The minimum atomic E-state index is 0.644. The van der Waals surface area contributed by atoms with E-state index in [1.165, 1.54) is 11.8 Å². The standard InChI is InChI=1S/C11H9ClN2S/c12-8-4-3-7-14-11(8)15-10-6-2-1-5-9(10)13/h1-7H,13H2. The van der Waals surface area contributed by atoms with E-state index in [0.29, 0.717) is 5.02 Å². The zero-order valence-electron chi connectivity index (χ0n) is 7.85. The van der Waals surface area contributed by atoms with Crippen LogP contribution >= 0.6 is 23.4 Å². The van der Waals surface area contributed by atoms with Crippen LogP contribution in [0.1, 0.15) is 0 Å². The number of nitrogens with two attached hydrogens (primary N) is 1. The minimum Gasteiger partial charge on any atom is -0.398 e. The summed E-state index contributed by atoms with van der Waals surface area (Å²) in [6.45, 7) is 0. The van der Waals surface area contributed by atoms with Gasteiger partial charge in [-0.1, -0.05) is 35.5 Å². The molecule has 0 aliphatic heterocycles. The Balaban J connectivity index is 2.30. The molecule has 15 heavy (non-hydrogen) atoms. The molecule has 0 atom stereocenters. The lowest BCUT2D eigenvalue weighted by Gasteiger charge is -2.04. The molecule has 0 amide bonds. The van der Waals surface area contributed by atoms with Gasteiger partial charge in [-0.05, 0) is 24.3 Å². The number of nitrogen functional groups attached to an aromatic ring is 1. The molecule has 0 aliphatic rings. The number of hydrogen-bond donors (Lipinski definition) is 1. The Bertz CT molecular complexity index is 430. The number of hydrogen-bond acceptors (Lipinski definition) is 3. The lowest BCUT2D eigenvalue weighted by molar-refractivity contribution is 1.13. The molecule has 0 spiro atoms. The van der Waals surface area contributed by atoms with Crippen molar-refractivity contribution < 1.29 is 0 Å². The second-order valence-corrected chi connectivity index (χ2v) is 4.37. The third-order valence-corrected chi connectivity index (χ3v) is 3.38. The van der Waals surface area contributed by atoms with Gasteiger partial charge < -0.3 is 5.73 Å². The summed E-state index contributed by atoms with van der Waals surface area (Å²) in [5.74, 6) is 0. The van der Waals surface area contributed by atoms with Gasteiger partial charge in [0.15, 0.2) is 0 Å². The lowest BCUT2D eigenvalue weighted by Crippen LogP contribution is -1.88. The molecule has 2 aromatic rings. The van der Waals surface area contributed by atoms with Crippen LogP contribution < -0.4 is 5.73 Å². The van der Waals surface area contributed by atoms with Crippen molar-refractivity contribution >= 4 is 29.1 Å². The zero-order valence-corrected chi connectivity index (χ0v) is 9.42. The van der Waals surface area contributed by atoms with Gasteiger partial charge in [0.25, 0.3) is 0 Å². The summed E-state index contributed by atoms with van der Waals surface area (Å²) in [4.78, 5) is 5.16. The normalized spacial score (nSPS) is 10.2. The van der Waals surface area contributed by atoms with Crippen LogP contribution in [0.4, 0.5) is 5.69 Å². The number of para-hydroxylation sites is 1. The zero-order chi connectivity index (χ0) is 10.7. The molecule has 76 valence electrons. The lowest BCUT2D eigenvalue weighted by atomic mass is 10.3. The van der Waals surface area contributed by atoms with Crippen LogP contribution in [0.5, 0.6) is 0 Å². The number of pyridine rings is 1. The first-order valence-corrected chi connectivity index (χ1v) is 5.59. The summed E-state index contributed by atoms with van der Waals surface area (Å²) in [5.41, 5.74) is 6.57. The van der Waals surface area contributed by atoms with Crippen LogP contribution in [0.15, 0.2) is 52.5 Å². The summed E-state index contributed by atoms with van der Waals surface area (Å²) in [5, 5.41) is 1.42. The maximum absolute atomic E-state index is 6.00. The average Bonchev–Trinajstić information content (AvgIpc) is 2.24. The van der Waals surface area contributed by atoms with Gasteiger partial charge in [-0.3, -0.25) is 0 Å². The molecule has 0 bridgehead atoms. The third-order valence-electron chi connectivity index (χ3n) is 1.85.